The van der Waals surface area contributed by atoms with Gasteiger partial charge in [-0.1, -0.05) is 35.9 Å². The van der Waals surface area contributed by atoms with Crippen molar-refractivity contribution >= 4 is 11.6 Å². The lowest BCUT2D eigenvalue weighted by atomic mass is 9.76. The summed E-state index contributed by atoms with van der Waals surface area (Å²) in [6.45, 7) is 0.789. The zero-order chi connectivity index (χ0) is 14.7. The quantitative estimate of drug-likeness (QED) is 0.912. The van der Waals surface area contributed by atoms with Gasteiger partial charge in [0.05, 0.1) is 7.11 Å². The third kappa shape index (κ3) is 3.20. The first kappa shape index (κ1) is 14.4. The summed E-state index contributed by atoms with van der Waals surface area (Å²) < 4.78 is 5.27. The van der Waals surface area contributed by atoms with E-state index in [1.54, 1.807) is 13.3 Å². The van der Waals surface area contributed by atoms with E-state index in [0.29, 0.717) is 17.8 Å². The predicted octanol–water partition coefficient (Wildman–Crippen LogP) is 3.78. The Morgan fingerprint density at radius 1 is 1.24 bits per heavy atom. The number of benzene rings is 1. The molecule has 1 heterocycles. The Hall–Kier alpha value is -1.58. The van der Waals surface area contributed by atoms with Crippen molar-refractivity contribution < 1.29 is 4.74 Å². The molecule has 2 aromatic rings. The number of hydrogen-bond donors (Lipinski definition) is 1. The molecule has 4 heteroatoms. The zero-order valence-electron chi connectivity index (χ0n) is 12.1. The van der Waals surface area contributed by atoms with Crippen molar-refractivity contribution in [2.24, 2.45) is 0 Å². The summed E-state index contributed by atoms with van der Waals surface area (Å²) in [5, 5.41) is 4.45. The third-order valence-electron chi connectivity index (χ3n) is 4.11. The second-order valence-corrected chi connectivity index (χ2v) is 5.85. The molecule has 0 saturated heterocycles. The first-order chi connectivity index (χ1) is 10.3. The molecule has 3 rings (SSSR count). The highest BCUT2D eigenvalue weighted by Gasteiger charge is 2.31. The maximum absolute atomic E-state index is 6.25. The van der Waals surface area contributed by atoms with Crippen LogP contribution in [0.25, 0.3) is 0 Å². The van der Waals surface area contributed by atoms with E-state index < -0.39 is 0 Å². The van der Waals surface area contributed by atoms with Gasteiger partial charge in [0.25, 0.3) is 0 Å². The number of rotatable bonds is 5. The van der Waals surface area contributed by atoms with Gasteiger partial charge in [0.15, 0.2) is 0 Å². The first-order valence-corrected chi connectivity index (χ1v) is 7.61. The van der Waals surface area contributed by atoms with Gasteiger partial charge in [-0.05, 0) is 36.5 Å². The topological polar surface area (TPSA) is 34.1 Å². The van der Waals surface area contributed by atoms with Crippen molar-refractivity contribution in [2.45, 2.75) is 31.3 Å². The predicted molar refractivity (Wildman–Crippen MR) is 84.8 cm³/mol. The van der Waals surface area contributed by atoms with Crippen LogP contribution < -0.4 is 10.1 Å². The highest BCUT2D eigenvalue weighted by Crippen LogP contribution is 2.40. The molecule has 0 atom stereocenters. The molecule has 3 nitrogen and oxygen atoms in total. The Balaban J connectivity index is 1.53. The van der Waals surface area contributed by atoms with Crippen LogP contribution in [-0.2, 0) is 6.54 Å². The van der Waals surface area contributed by atoms with Crippen LogP contribution in [0.1, 0.15) is 29.9 Å². The number of nitrogens with zero attached hydrogens (tertiary/aromatic N) is 1. The van der Waals surface area contributed by atoms with Crippen LogP contribution in [-0.4, -0.2) is 18.1 Å². The van der Waals surface area contributed by atoms with Gasteiger partial charge in [-0.2, -0.15) is 0 Å². The van der Waals surface area contributed by atoms with Crippen molar-refractivity contribution in [1.82, 2.24) is 10.3 Å². The lowest BCUT2D eigenvalue weighted by molar-refractivity contribution is 0.287. The van der Waals surface area contributed by atoms with Crippen LogP contribution in [0.2, 0.25) is 5.02 Å². The van der Waals surface area contributed by atoms with Crippen LogP contribution in [0.15, 0.2) is 42.6 Å². The summed E-state index contributed by atoms with van der Waals surface area (Å²) in [7, 11) is 1.66. The molecule has 0 aliphatic heterocycles. The summed E-state index contributed by atoms with van der Waals surface area (Å²) in [6, 6.07) is 12.7. The van der Waals surface area contributed by atoms with Gasteiger partial charge in [-0.25, -0.2) is 4.98 Å². The van der Waals surface area contributed by atoms with Crippen LogP contribution >= 0.6 is 11.6 Å². The van der Waals surface area contributed by atoms with Crippen LogP contribution in [0, 0.1) is 0 Å². The van der Waals surface area contributed by atoms with Crippen LogP contribution in [0.4, 0.5) is 0 Å². The highest BCUT2D eigenvalue weighted by atomic mass is 35.5. The minimum absolute atomic E-state index is 0.538. The van der Waals surface area contributed by atoms with Gasteiger partial charge in [0, 0.05) is 29.4 Å². The second-order valence-electron chi connectivity index (χ2n) is 5.44. The highest BCUT2D eigenvalue weighted by molar-refractivity contribution is 6.31. The fourth-order valence-corrected chi connectivity index (χ4v) is 3.13. The molecular weight excluding hydrogens is 284 g/mol. The molecule has 110 valence electrons. The summed E-state index contributed by atoms with van der Waals surface area (Å²) in [5.41, 5.74) is 2.37. The Labute approximate surface area is 130 Å². The molecule has 21 heavy (non-hydrogen) atoms. The molecule has 0 unspecified atom stereocenters. The summed E-state index contributed by atoms with van der Waals surface area (Å²) in [6.07, 6.45) is 4.01. The van der Waals surface area contributed by atoms with Gasteiger partial charge in [0.1, 0.15) is 0 Å². The summed E-state index contributed by atoms with van der Waals surface area (Å²) >= 11 is 6.25. The fourth-order valence-electron chi connectivity index (χ4n) is 2.84. The number of pyridine rings is 1. The Morgan fingerprint density at radius 2 is 2.05 bits per heavy atom. The van der Waals surface area contributed by atoms with Gasteiger partial charge in [-0.15, -0.1) is 0 Å². The van der Waals surface area contributed by atoms with Crippen LogP contribution in [0.5, 0.6) is 5.88 Å². The molecule has 1 aromatic heterocycles. The Bertz CT molecular complexity index is 611. The molecule has 0 amide bonds. The molecule has 1 saturated carbocycles. The lowest BCUT2D eigenvalue weighted by Crippen LogP contribution is -2.39. The van der Waals surface area contributed by atoms with Crippen molar-refractivity contribution in [3.05, 3.63) is 58.7 Å². The van der Waals surface area contributed by atoms with Crippen molar-refractivity contribution in [1.29, 1.82) is 0 Å². The van der Waals surface area contributed by atoms with Crippen molar-refractivity contribution in [3.63, 3.8) is 0 Å². The minimum atomic E-state index is 0.538. The number of aromatic nitrogens is 1. The molecule has 1 aromatic carbocycles. The maximum Gasteiger partial charge on any atom is 0.217 e. The Kier molecular flexibility index (Phi) is 4.42. The molecule has 0 spiro atoms. The number of halogens is 1. The van der Waals surface area contributed by atoms with Gasteiger partial charge < -0.3 is 10.1 Å². The molecule has 1 aliphatic rings. The summed E-state index contributed by atoms with van der Waals surface area (Å²) in [4.78, 5) is 4.21. The number of methoxy groups -OCH3 is 1. The smallest absolute Gasteiger partial charge is 0.217 e. The molecule has 1 aliphatic carbocycles. The van der Waals surface area contributed by atoms with Crippen LogP contribution in [0.3, 0.4) is 0 Å². The minimum Gasteiger partial charge on any atom is -0.481 e. The normalized spacial score (nSPS) is 20.9. The van der Waals surface area contributed by atoms with E-state index in [1.165, 1.54) is 5.56 Å². The SMILES string of the molecule is COc1ncccc1CNC1CC(c2ccccc2Cl)C1. The van der Waals surface area contributed by atoms with E-state index in [-0.39, 0.29) is 0 Å². The zero-order valence-corrected chi connectivity index (χ0v) is 12.8. The van der Waals surface area contributed by atoms with Gasteiger partial charge in [0.2, 0.25) is 5.88 Å². The van der Waals surface area contributed by atoms with E-state index in [1.807, 2.05) is 24.3 Å². The molecule has 1 N–H and O–H groups in total. The first-order valence-electron chi connectivity index (χ1n) is 7.23. The van der Waals surface area contributed by atoms with Crippen molar-refractivity contribution in [2.75, 3.05) is 7.11 Å². The van der Waals surface area contributed by atoms with Gasteiger partial charge >= 0.3 is 0 Å². The van der Waals surface area contributed by atoms with Gasteiger partial charge in [-0.3, -0.25) is 0 Å². The average molecular weight is 303 g/mol. The number of nitrogens with one attached hydrogen (secondary N) is 1. The molecule has 0 radical (unpaired) electrons. The molecule has 1 fully saturated rings. The average Bonchev–Trinajstić information content (AvgIpc) is 2.47. The second kappa shape index (κ2) is 6.46. The standard InChI is InChI=1S/C17H19ClN2O/c1-21-17-12(5-4-8-19-17)11-20-14-9-13(10-14)15-6-2-3-7-16(15)18/h2-8,13-14,20H,9-11H2,1H3. The molecule has 0 bridgehead atoms. The fraction of sp³-hybridized carbons (Fsp3) is 0.353. The lowest BCUT2D eigenvalue weighted by Gasteiger charge is -2.37. The summed E-state index contributed by atoms with van der Waals surface area (Å²) in [5.74, 6) is 1.28. The monoisotopic (exact) mass is 302 g/mol. The van der Waals surface area contributed by atoms with E-state index in [0.717, 1.165) is 30.0 Å². The number of hydrogen-bond acceptors (Lipinski definition) is 3. The largest absolute Gasteiger partial charge is 0.481 e. The van der Waals surface area contributed by atoms with Crippen molar-refractivity contribution in [3.8, 4) is 5.88 Å². The van der Waals surface area contributed by atoms with E-state index in [2.05, 4.69) is 22.4 Å². The Morgan fingerprint density at radius 3 is 2.81 bits per heavy atom. The molecular formula is C17H19ClN2O. The number of ether oxygens (including phenoxy) is 1. The van der Waals surface area contributed by atoms with E-state index >= 15 is 0 Å². The van der Waals surface area contributed by atoms with E-state index in [4.69, 9.17) is 16.3 Å². The maximum atomic E-state index is 6.25. The third-order valence-corrected chi connectivity index (χ3v) is 4.45. The van der Waals surface area contributed by atoms with E-state index in [9.17, 15) is 0 Å².